The summed E-state index contributed by atoms with van der Waals surface area (Å²) in [5, 5.41) is 4.26. The van der Waals surface area contributed by atoms with E-state index in [9.17, 15) is 0 Å². The molecule has 1 fully saturated rings. The van der Waals surface area contributed by atoms with E-state index in [4.69, 9.17) is 11.6 Å². The Bertz CT molecular complexity index is 464. The van der Waals surface area contributed by atoms with E-state index in [0.29, 0.717) is 0 Å². The Balaban J connectivity index is 2.19. The van der Waals surface area contributed by atoms with Crippen molar-refractivity contribution in [3.05, 3.63) is 38.8 Å². The summed E-state index contributed by atoms with van der Waals surface area (Å²) < 4.78 is 0.960. The molecule has 0 aliphatic heterocycles. The molecule has 0 amide bonds. The molecule has 20 heavy (non-hydrogen) atoms. The first-order chi connectivity index (χ1) is 9.70. The average Bonchev–Trinajstić information content (AvgIpc) is 2.48. The van der Waals surface area contributed by atoms with Gasteiger partial charge in [0.1, 0.15) is 0 Å². The van der Waals surface area contributed by atoms with Crippen LogP contribution >= 0.6 is 27.5 Å². The standard InChI is InChI=1S/C17H23BrClN/c1-2-20-12-15(14-6-4-3-5-7-14)10-13-8-9-16(18)17(19)11-13/h8-11,14,20H,2-7,12H2,1H3/b15-10-. The van der Waals surface area contributed by atoms with Gasteiger partial charge in [-0.25, -0.2) is 0 Å². The third-order valence-electron chi connectivity index (χ3n) is 4.00. The number of nitrogens with one attached hydrogen (secondary N) is 1. The second-order valence-corrected chi connectivity index (χ2v) is 6.77. The average molecular weight is 357 g/mol. The molecule has 0 heterocycles. The number of hydrogen-bond donors (Lipinski definition) is 1. The van der Waals surface area contributed by atoms with Gasteiger partial charge < -0.3 is 5.32 Å². The Morgan fingerprint density at radius 3 is 2.75 bits per heavy atom. The van der Waals surface area contributed by atoms with Crippen LogP contribution in [0.3, 0.4) is 0 Å². The van der Waals surface area contributed by atoms with Crippen LogP contribution in [-0.2, 0) is 0 Å². The van der Waals surface area contributed by atoms with Gasteiger partial charge in [-0.2, -0.15) is 0 Å². The summed E-state index contributed by atoms with van der Waals surface area (Å²) in [7, 11) is 0. The van der Waals surface area contributed by atoms with E-state index in [1.54, 1.807) is 0 Å². The molecule has 2 rings (SSSR count). The number of rotatable bonds is 5. The molecule has 1 aromatic rings. The summed E-state index contributed by atoms with van der Waals surface area (Å²) in [6, 6.07) is 6.20. The lowest BCUT2D eigenvalue weighted by atomic mass is 9.83. The van der Waals surface area contributed by atoms with Crippen molar-refractivity contribution in [3.63, 3.8) is 0 Å². The number of hydrogen-bond acceptors (Lipinski definition) is 1. The molecule has 3 heteroatoms. The molecule has 1 aliphatic carbocycles. The molecule has 0 saturated heterocycles. The van der Waals surface area contributed by atoms with E-state index >= 15 is 0 Å². The monoisotopic (exact) mass is 355 g/mol. The van der Waals surface area contributed by atoms with Gasteiger partial charge in [0, 0.05) is 11.0 Å². The van der Waals surface area contributed by atoms with Crippen molar-refractivity contribution >= 4 is 33.6 Å². The van der Waals surface area contributed by atoms with Gasteiger partial charge in [0.15, 0.2) is 0 Å². The first-order valence-electron chi connectivity index (χ1n) is 7.57. The van der Waals surface area contributed by atoms with Crippen LogP contribution in [0.1, 0.15) is 44.6 Å². The van der Waals surface area contributed by atoms with Gasteiger partial charge in [-0.3, -0.25) is 0 Å². The van der Waals surface area contributed by atoms with Gasteiger partial charge in [0.05, 0.1) is 5.02 Å². The largest absolute Gasteiger partial charge is 0.313 e. The molecule has 1 saturated carbocycles. The lowest BCUT2D eigenvalue weighted by Gasteiger charge is -2.25. The van der Waals surface area contributed by atoms with E-state index < -0.39 is 0 Å². The fourth-order valence-electron chi connectivity index (χ4n) is 2.87. The molecular weight excluding hydrogens is 334 g/mol. The van der Waals surface area contributed by atoms with Crippen LogP contribution in [0, 0.1) is 5.92 Å². The van der Waals surface area contributed by atoms with Gasteiger partial charge >= 0.3 is 0 Å². The minimum atomic E-state index is 0.741. The van der Waals surface area contributed by atoms with Crippen LogP contribution in [0.15, 0.2) is 28.2 Å². The summed E-state index contributed by atoms with van der Waals surface area (Å²) in [4.78, 5) is 0. The van der Waals surface area contributed by atoms with E-state index in [1.165, 1.54) is 43.2 Å². The maximum absolute atomic E-state index is 6.20. The fraction of sp³-hybridized carbons (Fsp3) is 0.529. The van der Waals surface area contributed by atoms with Crippen molar-refractivity contribution in [1.29, 1.82) is 0 Å². The van der Waals surface area contributed by atoms with Crippen molar-refractivity contribution in [3.8, 4) is 0 Å². The second kappa shape index (κ2) is 8.21. The van der Waals surface area contributed by atoms with Crippen molar-refractivity contribution in [2.24, 2.45) is 5.92 Å². The van der Waals surface area contributed by atoms with Crippen LogP contribution in [0.25, 0.3) is 6.08 Å². The van der Waals surface area contributed by atoms with E-state index in [0.717, 1.165) is 28.5 Å². The predicted molar refractivity (Wildman–Crippen MR) is 92.2 cm³/mol. The zero-order valence-corrected chi connectivity index (χ0v) is 14.4. The van der Waals surface area contributed by atoms with Gasteiger partial charge in [-0.1, -0.05) is 55.5 Å². The van der Waals surface area contributed by atoms with Crippen LogP contribution in [-0.4, -0.2) is 13.1 Å². The summed E-state index contributed by atoms with van der Waals surface area (Å²) in [5.41, 5.74) is 2.74. The minimum absolute atomic E-state index is 0.741. The SMILES string of the molecule is CCNC/C(=C/c1ccc(Br)c(Cl)c1)C1CCCCC1. The number of benzene rings is 1. The quantitative estimate of drug-likeness (QED) is 0.716. The summed E-state index contributed by atoms with van der Waals surface area (Å²) in [5.74, 6) is 0.741. The zero-order valence-electron chi connectivity index (χ0n) is 12.1. The maximum Gasteiger partial charge on any atom is 0.0554 e. The normalized spacial score (nSPS) is 17.4. The lowest BCUT2D eigenvalue weighted by molar-refractivity contribution is 0.397. The molecule has 1 nitrogen and oxygen atoms in total. The minimum Gasteiger partial charge on any atom is -0.313 e. The highest BCUT2D eigenvalue weighted by Gasteiger charge is 2.17. The molecule has 0 bridgehead atoms. The molecule has 0 unspecified atom stereocenters. The Kier molecular flexibility index (Phi) is 6.60. The van der Waals surface area contributed by atoms with Gasteiger partial charge in [0.2, 0.25) is 0 Å². The Labute approximate surface area is 135 Å². The third kappa shape index (κ3) is 4.61. The van der Waals surface area contributed by atoms with Crippen LogP contribution in [0.4, 0.5) is 0 Å². The second-order valence-electron chi connectivity index (χ2n) is 5.51. The molecule has 1 N–H and O–H groups in total. The van der Waals surface area contributed by atoms with E-state index in [2.05, 4.69) is 40.3 Å². The lowest BCUT2D eigenvalue weighted by Crippen LogP contribution is -2.22. The molecule has 110 valence electrons. The van der Waals surface area contributed by atoms with Gasteiger partial charge in [-0.05, 0) is 58.9 Å². The first kappa shape index (κ1) is 16.1. The summed E-state index contributed by atoms with van der Waals surface area (Å²) in [6.45, 7) is 4.18. The Morgan fingerprint density at radius 2 is 2.10 bits per heavy atom. The smallest absolute Gasteiger partial charge is 0.0554 e. The highest BCUT2D eigenvalue weighted by Crippen LogP contribution is 2.31. The van der Waals surface area contributed by atoms with Crippen LogP contribution in [0.2, 0.25) is 5.02 Å². The molecule has 0 atom stereocenters. The third-order valence-corrected chi connectivity index (χ3v) is 5.24. The highest BCUT2D eigenvalue weighted by molar-refractivity contribution is 9.10. The molecule has 0 radical (unpaired) electrons. The van der Waals surface area contributed by atoms with Gasteiger partial charge in [-0.15, -0.1) is 0 Å². The van der Waals surface area contributed by atoms with Crippen molar-refractivity contribution < 1.29 is 0 Å². The Hall–Kier alpha value is -0.310. The van der Waals surface area contributed by atoms with E-state index in [-0.39, 0.29) is 0 Å². The number of halogens is 2. The zero-order chi connectivity index (χ0) is 14.4. The van der Waals surface area contributed by atoms with Crippen molar-refractivity contribution in [1.82, 2.24) is 5.32 Å². The summed E-state index contributed by atoms with van der Waals surface area (Å²) >= 11 is 9.64. The summed E-state index contributed by atoms with van der Waals surface area (Å²) in [6.07, 6.45) is 9.14. The number of likely N-dealkylation sites (N-methyl/N-ethyl adjacent to an activating group) is 1. The Morgan fingerprint density at radius 1 is 1.35 bits per heavy atom. The van der Waals surface area contributed by atoms with E-state index in [1.807, 2.05) is 12.1 Å². The van der Waals surface area contributed by atoms with Crippen molar-refractivity contribution in [2.75, 3.05) is 13.1 Å². The topological polar surface area (TPSA) is 12.0 Å². The molecule has 0 spiro atoms. The maximum atomic E-state index is 6.20. The molecule has 1 aliphatic rings. The molecule has 1 aromatic carbocycles. The fourth-order valence-corrected chi connectivity index (χ4v) is 3.31. The van der Waals surface area contributed by atoms with Crippen LogP contribution in [0.5, 0.6) is 0 Å². The van der Waals surface area contributed by atoms with Crippen molar-refractivity contribution in [2.45, 2.75) is 39.0 Å². The van der Waals surface area contributed by atoms with Gasteiger partial charge in [0.25, 0.3) is 0 Å². The molecule has 0 aromatic heterocycles. The van der Waals surface area contributed by atoms with Crippen LogP contribution < -0.4 is 5.32 Å². The highest BCUT2D eigenvalue weighted by atomic mass is 79.9. The first-order valence-corrected chi connectivity index (χ1v) is 8.74. The predicted octanol–water partition coefficient (Wildman–Crippen LogP) is 5.68. The molecular formula is C17H23BrClN.